The largest absolute Gasteiger partial charge is 0.372 e. The van der Waals surface area contributed by atoms with Crippen molar-refractivity contribution >= 4 is 0 Å². The minimum Gasteiger partial charge on any atom is -0.372 e. The molecule has 2 fully saturated rings. The van der Waals surface area contributed by atoms with Gasteiger partial charge in [0.15, 0.2) is 0 Å². The summed E-state index contributed by atoms with van der Waals surface area (Å²) in [5.74, 6) is 1.51. The van der Waals surface area contributed by atoms with E-state index in [4.69, 9.17) is 0 Å². The number of alkyl halides is 2. The van der Waals surface area contributed by atoms with Crippen molar-refractivity contribution in [1.82, 2.24) is 4.90 Å². The van der Waals surface area contributed by atoms with Crippen LogP contribution in [0.15, 0.2) is 71.5 Å². The smallest absolute Gasteiger partial charge is 0.242 e. The zero-order valence-corrected chi connectivity index (χ0v) is 22.4. The van der Waals surface area contributed by atoms with Crippen LogP contribution in [0, 0.1) is 17.3 Å². The molecule has 194 valence electrons. The summed E-state index contributed by atoms with van der Waals surface area (Å²) in [6, 6.07) is 0. The first-order valence-electron chi connectivity index (χ1n) is 13.9. The zero-order valence-electron chi connectivity index (χ0n) is 22.4. The predicted octanol–water partition coefficient (Wildman–Crippen LogP) is 9.57. The van der Waals surface area contributed by atoms with E-state index in [1.807, 2.05) is 12.2 Å². The predicted molar refractivity (Wildman–Crippen MR) is 146 cm³/mol. The molecule has 1 aliphatic heterocycles. The average molecular weight is 484 g/mol. The number of piperidine rings is 1. The molecule has 0 N–H and O–H groups in total. The molecule has 0 radical (unpaired) electrons. The molecular formula is C32H47F2N. The summed E-state index contributed by atoms with van der Waals surface area (Å²) in [6.45, 7) is 17.2. The van der Waals surface area contributed by atoms with Crippen LogP contribution in [0.1, 0.15) is 91.4 Å². The van der Waals surface area contributed by atoms with E-state index in [0.717, 1.165) is 67.5 Å². The van der Waals surface area contributed by atoms with Gasteiger partial charge in [0.1, 0.15) is 0 Å². The SMILES string of the molecule is C=C/C=C\C=C1/C[C@@H](CC(C)C)CC2(CCN(C(=C)C3=CC(CC)=C(CC(F)F)CCC3)CC2)C1. The van der Waals surface area contributed by atoms with Crippen molar-refractivity contribution in [3.8, 4) is 0 Å². The second-order valence-electron chi connectivity index (χ2n) is 11.6. The van der Waals surface area contributed by atoms with Gasteiger partial charge in [-0.2, -0.15) is 0 Å². The number of hydrogen-bond donors (Lipinski definition) is 0. The maximum Gasteiger partial charge on any atom is 0.242 e. The summed E-state index contributed by atoms with van der Waals surface area (Å²) in [5.41, 5.74) is 6.45. The van der Waals surface area contributed by atoms with Crippen molar-refractivity contribution in [1.29, 1.82) is 0 Å². The molecule has 1 saturated carbocycles. The molecule has 0 aromatic rings. The van der Waals surface area contributed by atoms with Crippen LogP contribution in [0.5, 0.6) is 0 Å². The summed E-state index contributed by atoms with van der Waals surface area (Å²) >= 11 is 0. The molecule has 0 unspecified atom stereocenters. The van der Waals surface area contributed by atoms with Gasteiger partial charge in [-0.25, -0.2) is 8.78 Å². The van der Waals surface area contributed by atoms with Crippen LogP contribution in [0.3, 0.4) is 0 Å². The molecule has 1 atom stereocenters. The summed E-state index contributed by atoms with van der Waals surface area (Å²) < 4.78 is 26.2. The van der Waals surface area contributed by atoms with Crippen LogP contribution in [0.2, 0.25) is 0 Å². The molecule has 0 aromatic carbocycles. The molecule has 35 heavy (non-hydrogen) atoms. The van der Waals surface area contributed by atoms with Crippen LogP contribution >= 0.6 is 0 Å². The van der Waals surface area contributed by atoms with Gasteiger partial charge in [0.05, 0.1) is 0 Å². The van der Waals surface area contributed by atoms with Crippen molar-refractivity contribution in [2.75, 3.05) is 13.1 Å². The first-order chi connectivity index (χ1) is 16.7. The van der Waals surface area contributed by atoms with Crippen molar-refractivity contribution in [2.24, 2.45) is 17.3 Å². The van der Waals surface area contributed by atoms with E-state index in [1.54, 1.807) is 5.57 Å². The molecule has 1 saturated heterocycles. The molecule has 0 amide bonds. The molecule has 1 spiro atoms. The van der Waals surface area contributed by atoms with Crippen molar-refractivity contribution in [2.45, 2.75) is 97.8 Å². The Labute approximate surface area is 213 Å². The maximum absolute atomic E-state index is 13.1. The Morgan fingerprint density at radius 1 is 1.20 bits per heavy atom. The standard InChI is InChI=1S/C32H47F2N/c1-6-8-9-11-26-19-27(18-24(3)4)23-32(22-26)14-16-35(17-15-32)25(5)29-12-10-13-30(21-31(33)34)28(7-2)20-29/h6,8-9,11,20,24,27,31H,1,5,7,10,12-19,21-23H2,2-4H3/b9-8-,26-11+/t27-/m1/s1. The molecule has 1 nitrogen and oxygen atoms in total. The Morgan fingerprint density at radius 2 is 1.94 bits per heavy atom. The average Bonchev–Trinajstić information content (AvgIpc) is 3.00. The topological polar surface area (TPSA) is 3.24 Å². The lowest BCUT2D eigenvalue weighted by Gasteiger charge is -2.48. The Kier molecular flexibility index (Phi) is 10.2. The van der Waals surface area contributed by atoms with E-state index in [2.05, 4.69) is 57.1 Å². The summed E-state index contributed by atoms with van der Waals surface area (Å²) in [7, 11) is 0. The Hall–Kier alpha value is -1.90. The molecule has 0 bridgehead atoms. The lowest BCUT2D eigenvalue weighted by atomic mass is 9.62. The van der Waals surface area contributed by atoms with Gasteiger partial charge in [-0.3, -0.25) is 0 Å². The normalized spacial score (nSPS) is 24.5. The van der Waals surface area contributed by atoms with E-state index in [0.29, 0.717) is 5.41 Å². The van der Waals surface area contributed by atoms with Crippen LogP contribution in [-0.2, 0) is 0 Å². The van der Waals surface area contributed by atoms with Crippen molar-refractivity contribution in [3.63, 3.8) is 0 Å². The van der Waals surface area contributed by atoms with Crippen LogP contribution < -0.4 is 0 Å². The van der Waals surface area contributed by atoms with Crippen LogP contribution in [-0.4, -0.2) is 24.4 Å². The fraction of sp³-hybridized carbons (Fsp3) is 0.625. The fourth-order valence-electron chi connectivity index (χ4n) is 6.78. The highest BCUT2D eigenvalue weighted by molar-refractivity contribution is 5.39. The molecule has 1 heterocycles. The number of nitrogens with zero attached hydrogens (tertiary/aromatic N) is 1. The molecule has 0 aromatic heterocycles. The lowest BCUT2D eigenvalue weighted by molar-refractivity contribution is 0.0742. The van der Waals surface area contributed by atoms with Gasteiger partial charge in [-0.1, -0.05) is 75.5 Å². The highest BCUT2D eigenvalue weighted by Crippen LogP contribution is 2.50. The summed E-state index contributed by atoms with van der Waals surface area (Å²) in [5, 5.41) is 0. The van der Waals surface area contributed by atoms with E-state index in [-0.39, 0.29) is 6.42 Å². The van der Waals surface area contributed by atoms with Gasteiger partial charge < -0.3 is 4.90 Å². The zero-order chi connectivity index (χ0) is 25.4. The quantitative estimate of drug-likeness (QED) is 0.295. The second kappa shape index (κ2) is 12.9. The third kappa shape index (κ3) is 7.79. The molecule has 3 heteroatoms. The van der Waals surface area contributed by atoms with Gasteiger partial charge in [0.25, 0.3) is 0 Å². The van der Waals surface area contributed by atoms with Gasteiger partial charge >= 0.3 is 0 Å². The summed E-state index contributed by atoms with van der Waals surface area (Å²) in [6.07, 6.45) is 19.2. The van der Waals surface area contributed by atoms with E-state index in [9.17, 15) is 8.78 Å². The molecule has 2 aliphatic carbocycles. The number of hydrogen-bond acceptors (Lipinski definition) is 1. The number of likely N-dealkylation sites (tertiary alicyclic amines) is 1. The first-order valence-corrected chi connectivity index (χ1v) is 13.9. The molecule has 3 rings (SSSR count). The van der Waals surface area contributed by atoms with Gasteiger partial charge in [0.2, 0.25) is 6.43 Å². The van der Waals surface area contributed by atoms with E-state index in [1.165, 1.54) is 44.1 Å². The van der Waals surface area contributed by atoms with Crippen molar-refractivity contribution < 1.29 is 8.78 Å². The number of rotatable bonds is 9. The minimum atomic E-state index is -2.26. The number of allylic oxidation sites excluding steroid dienone is 9. The van der Waals surface area contributed by atoms with Gasteiger partial charge in [-0.15, -0.1) is 0 Å². The Balaban J connectivity index is 1.71. The van der Waals surface area contributed by atoms with Crippen molar-refractivity contribution in [3.05, 3.63) is 71.5 Å². The fourth-order valence-corrected chi connectivity index (χ4v) is 6.78. The third-order valence-corrected chi connectivity index (χ3v) is 8.34. The Morgan fingerprint density at radius 3 is 2.57 bits per heavy atom. The lowest BCUT2D eigenvalue weighted by Crippen LogP contribution is -2.42. The molecule has 3 aliphatic rings. The van der Waals surface area contributed by atoms with E-state index >= 15 is 0 Å². The van der Waals surface area contributed by atoms with E-state index < -0.39 is 6.43 Å². The summed E-state index contributed by atoms with van der Waals surface area (Å²) in [4.78, 5) is 2.48. The highest BCUT2D eigenvalue weighted by atomic mass is 19.3. The molecular weight excluding hydrogens is 436 g/mol. The second-order valence-corrected chi connectivity index (χ2v) is 11.6. The Bertz CT molecular complexity index is 862. The maximum atomic E-state index is 13.1. The third-order valence-electron chi connectivity index (χ3n) is 8.34. The highest BCUT2D eigenvalue weighted by Gasteiger charge is 2.41. The van der Waals surface area contributed by atoms with Gasteiger partial charge in [-0.05, 0) is 92.6 Å². The monoisotopic (exact) mass is 483 g/mol. The van der Waals surface area contributed by atoms with Gasteiger partial charge in [0, 0.05) is 25.2 Å². The minimum absolute atomic E-state index is 0.0823. The number of halogens is 2. The first kappa shape index (κ1) is 27.7. The van der Waals surface area contributed by atoms with Crippen LogP contribution in [0.4, 0.5) is 8.78 Å². The van der Waals surface area contributed by atoms with Crippen LogP contribution in [0.25, 0.3) is 0 Å².